The second kappa shape index (κ2) is 7.15. The molecule has 1 aliphatic heterocycles. The summed E-state index contributed by atoms with van der Waals surface area (Å²) in [4.78, 5) is 26.5. The van der Waals surface area contributed by atoms with Gasteiger partial charge in [0.05, 0.1) is 12.8 Å². The zero-order valence-corrected chi connectivity index (χ0v) is 16.0. The highest BCUT2D eigenvalue weighted by atomic mass is 16.5. The molecule has 5 nitrogen and oxygen atoms in total. The topological polar surface area (TPSA) is 72.6 Å². The third-order valence-electron chi connectivity index (χ3n) is 5.94. The molecule has 28 heavy (non-hydrogen) atoms. The number of carbonyl (C=O) groups excluding carboxylic acids is 2. The molecule has 2 aromatic carbocycles. The van der Waals surface area contributed by atoms with Gasteiger partial charge in [-0.05, 0) is 66.5 Å². The van der Waals surface area contributed by atoms with Crippen LogP contribution in [0.3, 0.4) is 0 Å². The van der Waals surface area contributed by atoms with Crippen LogP contribution in [-0.2, 0) is 11.2 Å². The van der Waals surface area contributed by atoms with Crippen LogP contribution in [0.4, 0.5) is 11.4 Å². The first-order valence-corrected chi connectivity index (χ1v) is 9.55. The minimum absolute atomic E-state index is 0.0554. The second-order valence-electron chi connectivity index (χ2n) is 7.67. The quantitative estimate of drug-likeness (QED) is 0.654. The molecule has 2 N–H and O–H groups in total. The van der Waals surface area contributed by atoms with Crippen molar-refractivity contribution in [1.29, 1.82) is 0 Å². The number of anilines is 2. The molecule has 1 aliphatic carbocycles. The van der Waals surface area contributed by atoms with Crippen LogP contribution in [-0.4, -0.2) is 25.8 Å². The lowest BCUT2D eigenvalue weighted by atomic mass is 9.79. The number of benzene rings is 2. The number of carbonyl (C=O) groups is 2. The minimum Gasteiger partial charge on any atom is -0.495 e. The number of hydrogen-bond acceptors (Lipinski definition) is 4. The van der Waals surface area contributed by atoms with E-state index in [0.717, 1.165) is 48.8 Å². The van der Waals surface area contributed by atoms with Gasteiger partial charge in [-0.2, -0.15) is 0 Å². The molecule has 0 unspecified atom stereocenters. The Morgan fingerprint density at radius 2 is 2.04 bits per heavy atom. The molecule has 1 spiro atoms. The van der Waals surface area contributed by atoms with E-state index in [0.29, 0.717) is 23.5 Å². The molecular formula is C23H24N2O3. The number of nitrogens with two attached hydrogens (primary N) is 1. The number of nitrogen functional groups attached to an aromatic ring is 1. The number of nitrogens with zero attached hydrogens (tertiary/aromatic N) is 1. The first-order valence-electron chi connectivity index (χ1n) is 9.55. The van der Waals surface area contributed by atoms with Crippen LogP contribution in [0.15, 0.2) is 54.1 Å². The van der Waals surface area contributed by atoms with Crippen LogP contribution in [0.1, 0.15) is 35.2 Å². The van der Waals surface area contributed by atoms with E-state index in [4.69, 9.17) is 10.5 Å². The average molecular weight is 376 g/mol. The zero-order chi connectivity index (χ0) is 19.7. The summed E-state index contributed by atoms with van der Waals surface area (Å²) in [5.41, 5.74) is 9.85. The molecule has 144 valence electrons. The van der Waals surface area contributed by atoms with Crippen molar-refractivity contribution < 1.29 is 14.3 Å². The SMILES string of the molecule is COc1cc(C(=O)N2CC[C@]3(C=C(C=O)CC3)Cc3ccccc32)ccc1N. The van der Waals surface area contributed by atoms with Gasteiger partial charge in [0.25, 0.3) is 5.91 Å². The molecule has 0 saturated heterocycles. The van der Waals surface area contributed by atoms with Gasteiger partial charge in [-0.25, -0.2) is 0 Å². The first kappa shape index (κ1) is 18.3. The standard InChI is InChI=1S/C23H24N2O3/c1-28-21-12-17(6-7-19(21)24)22(27)25-11-10-23(9-8-16(13-23)15-26)14-18-4-2-3-5-20(18)25/h2-7,12-13,15H,8-11,14,24H2,1H3/t23-/m1/s1. The van der Waals surface area contributed by atoms with Gasteiger partial charge in [-0.1, -0.05) is 24.3 Å². The Morgan fingerprint density at radius 3 is 2.79 bits per heavy atom. The molecule has 0 saturated carbocycles. The van der Waals surface area contributed by atoms with Crippen molar-refractivity contribution in [2.24, 2.45) is 5.41 Å². The summed E-state index contributed by atoms with van der Waals surface area (Å²) in [7, 11) is 1.54. The highest BCUT2D eigenvalue weighted by Gasteiger charge is 2.37. The van der Waals surface area contributed by atoms with Crippen LogP contribution in [0.2, 0.25) is 0 Å². The van der Waals surface area contributed by atoms with E-state index in [1.165, 1.54) is 0 Å². The molecule has 0 aromatic heterocycles. The van der Waals surface area contributed by atoms with E-state index in [-0.39, 0.29) is 11.3 Å². The fraction of sp³-hybridized carbons (Fsp3) is 0.304. The summed E-state index contributed by atoms with van der Waals surface area (Å²) in [6.07, 6.45) is 6.54. The fourth-order valence-corrected chi connectivity index (χ4v) is 4.42. The van der Waals surface area contributed by atoms with Crippen molar-refractivity contribution in [1.82, 2.24) is 0 Å². The van der Waals surface area contributed by atoms with Crippen molar-refractivity contribution in [3.05, 3.63) is 65.2 Å². The maximum atomic E-state index is 13.4. The highest BCUT2D eigenvalue weighted by molar-refractivity contribution is 6.07. The maximum absolute atomic E-state index is 13.4. The Bertz CT molecular complexity index is 966. The summed E-state index contributed by atoms with van der Waals surface area (Å²) in [6, 6.07) is 13.2. The summed E-state index contributed by atoms with van der Waals surface area (Å²) in [6.45, 7) is 0.602. The molecule has 2 aromatic rings. The van der Waals surface area contributed by atoms with E-state index in [9.17, 15) is 9.59 Å². The van der Waals surface area contributed by atoms with Crippen molar-refractivity contribution >= 4 is 23.6 Å². The van der Waals surface area contributed by atoms with Gasteiger partial charge in [0.1, 0.15) is 12.0 Å². The van der Waals surface area contributed by atoms with Crippen molar-refractivity contribution in [3.63, 3.8) is 0 Å². The third-order valence-corrected chi connectivity index (χ3v) is 5.94. The number of aldehydes is 1. The fourth-order valence-electron chi connectivity index (χ4n) is 4.42. The van der Waals surface area contributed by atoms with Gasteiger partial charge in [0, 0.05) is 17.8 Å². The van der Waals surface area contributed by atoms with Crippen molar-refractivity contribution in [3.8, 4) is 5.75 Å². The summed E-state index contributed by atoms with van der Waals surface area (Å²) < 4.78 is 5.28. The molecule has 2 aliphatic rings. The van der Waals surface area contributed by atoms with Crippen LogP contribution in [0.5, 0.6) is 5.75 Å². The lowest BCUT2D eigenvalue weighted by Crippen LogP contribution is -2.33. The van der Waals surface area contributed by atoms with Gasteiger partial charge in [-0.15, -0.1) is 0 Å². The van der Waals surface area contributed by atoms with Crippen LogP contribution >= 0.6 is 0 Å². The van der Waals surface area contributed by atoms with Crippen LogP contribution in [0, 0.1) is 5.41 Å². The molecule has 1 amide bonds. The summed E-state index contributed by atoms with van der Waals surface area (Å²) in [5, 5.41) is 0. The number of hydrogen-bond donors (Lipinski definition) is 1. The normalized spacial score (nSPS) is 21.0. The van der Waals surface area contributed by atoms with E-state index in [1.54, 1.807) is 25.3 Å². The number of methoxy groups -OCH3 is 1. The number of ether oxygens (including phenoxy) is 1. The van der Waals surface area contributed by atoms with Crippen molar-refractivity contribution in [2.45, 2.75) is 25.7 Å². The molecule has 1 atom stereocenters. The van der Waals surface area contributed by atoms with Gasteiger partial charge >= 0.3 is 0 Å². The number of amides is 1. The number of para-hydroxylation sites is 1. The Kier molecular flexibility index (Phi) is 4.67. The Morgan fingerprint density at radius 1 is 1.21 bits per heavy atom. The Hall–Kier alpha value is -3.08. The van der Waals surface area contributed by atoms with Crippen LogP contribution in [0.25, 0.3) is 0 Å². The molecule has 0 radical (unpaired) electrons. The largest absolute Gasteiger partial charge is 0.495 e. The molecule has 4 rings (SSSR count). The summed E-state index contributed by atoms with van der Waals surface area (Å²) >= 11 is 0. The number of rotatable bonds is 3. The lowest BCUT2D eigenvalue weighted by molar-refractivity contribution is -0.105. The predicted molar refractivity (Wildman–Crippen MR) is 110 cm³/mol. The Balaban J connectivity index is 1.72. The molecule has 5 heteroatoms. The van der Waals surface area contributed by atoms with E-state index in [1.807, 2.05) is 23.1 Å². The average Bonchev–Trinajstić information content (AvgIpc) is 3.04. The van der Waals surface area contributed by atoms with Gasteiger partial charge in [-0.3, -0.25) is 9.59 Å². The lowest BCUT2D eigenvalue weighted by Gasteiger charge is -2.26. The molecule has 1 heterocycles. The maximum Gasteiger partial charge on any atom is 0.258 e. The van der Waals surface area contributed by atoms with E-state index in [2.05, 4.69) is 12.1 Å². The predicted octanol–water partition coefficient (Wildman–Crippen LogP) is 3.78. The number of allylic oxidation sites excluding steroid dienone is 2. The summed E-state index contributed by atoms with van der Waals surface area (Å²) in [5.74, 6) is 0.431. The second-order valence-corrected chi connectivity index (χ2v) is 7.67. The molecular weight excluding hydrogens is 352 g/mol. The molecule has 0 bridgehead atoms. The molecule has 0 fully saturated rings. The van der Waals surface area contributed by atoms with Gasteiger partial charge in [0.15, 0.2) is 0 Å². The number of fused-ring (bicyclic) bond motifs is 1. The first-order chi connectivity index (χ1) is 13.5. The van der Waals surface area contributed by atoms with E-state index < -0.39 is 0 Å². The van der Waals surface area contributed by atoms with Gasteiger partial charge in [0.2, 0.25) is 0 Å². The van der Waals surface area contributed by atoms with Crippen molar-refractivity contribution in [2.75, 3.05) is 24.3 Å². The highest BCUT2D eigenvalue weighted by Crippen LogP contribution is 2.45. The monoisotopic (exact) mass is 376 g/mol. The third kappa shape index (κ3) is 3.17. The van der Waals surface area contributed by atoms with E-state index >= 15 is 0 Å². The smallest absolute Gasteiger partial charge is 0.258 e. The zero-order valence-electron chi connectivity index (χ0n) is 16.0. The van der Waals surface area contributed by atoms with Crippen LogP contribution < -0.4 is 15.4 Å². The van der Waals surface area contributed by atoms with Gasteiger partial charge < -0.3 is 15.4 Å². The Labute approximate surface area is 164 Å². The minimum atomic E-state index is -0.0691.